The molecule has 0 spiro atoms. The van der Waals surface area contributed by atoms with Gasteiger partial charge in [0.25, 0.3) is 0 Å². The van der Waals surface area contributed by atoms with Crippen LogP contribution in [0.3, 0.4) is 0 Å². The molecule has 0 atom stereocenters. The van der Waals surface area contributed by atoms with E-state index < -0.39 is 0 Å². The number of carbonyl (C=O) groups excluding carboxylic acids is 2. The summed E-state index contributed by atoms with van der Waals surface area (Å²) >= 11 is 2.39. The molecule has 18 heavy (non-hydrogen) atoms. The zero-order valence-corrected chi connectivity index (χ0v) is 12.4. The summed E-state index contributed by atoms with van der Waals surface area (Å²) in [5, 5.41) is 15.2. The number of carbonyl (C=O) groups is 2. The molecule has 0 amide bonds. The second kappa shape index (κ2) is 12.9. The molecule has 0 saturated heterocycles. The lowest BCUT2D eigenvalue weighted by Gasteiger charge is -1.99. The van der Waals surface area contributed by atoms with Crippen molar-refractivity contribution in [2.75, 3.05) is 24.7 Å². The van der Waals surface area contributed by atoms with Crippen LogP contribution >= 0.6 is 23.5 Å². The lowest BCUT2D eigenvalue weighted by atomic mass is 10.4. The molecule has 0 aliphatic rings. The summed E-state index contributed by atoms with van der Waals surface area (Å²) in [4.78, 5) is 22.1. The van der Waals surface area contributed by atoms with E-state index in [9.17, 15) is 9.59 Å². The van der Waals surface area contributed by atoms with Crippen LogP contribution in [-0.2, 0) is 9.59 Å². The number of thioether (sulfide) groups is 2. The topological polar surface area (TPSA) is 74.6 Å². The molecule has 104 valence electrons. The van der Waals surface area contributed by atoms with Gasteiger partial charge in [-0.15, -0.1) is 0 Å². The van der Waals surface area contributed by atoms with E-state index >= 15 is 0 Å². The van der Waals surface area contributed by atoms with Gasteiger partial charge in [-0.1, -0.05) is 36.7 Å². The minimum Gasteiger partial charge on any atom is -0.394 e. The van der Waals surface area contributed by atoms with E-state index in [1.165, 1.54) is 23.5 Å². The molecular weight excluding hydrogens is 272 g/mol. The van der Waals surface area contributed by atoms with Crippen molar-refractivity contribution < 1.29 is 19.8 Å². The second-order valence-corrected chi connectivity index (χ2v) is 5.42. The quantitative estimate of drug-likeness (QED) is 0.572. The first-order chi connectivity index (χ1) is 8.36. The van der Waals surface area contributed by atoms with Gasteiger partial charge in [-0.05, 0) is 25.0 Å². The average Bonchev–Trinajstić information content (AvgIpc) is 2.33. The average molecular weight is 292 g/mol. The van der Waals surface area contributed by atoms with Crippen molar-refractivity contribution >= 4 is 33.8 Å². The molecular formula is C12H20O4S2. The minimum atomic E-state index is -0.125. The Kier molecular flexibility index (Phi) is 14.2. The maximum absolute atomic E-state index is 11.1. The van der Waals surface area contributed by atoms with E-state index in [0.717, 1.165) is 0 Å². The number of aliphatic hydroxyl groups excluding tert-OH is 2. The smallest absolute Gasteiger partial charge is 0.214 e. The Morgan fingerprint density at radius 1 is 0.889 bits per heavy atom. The zero-order valence-electron chi connectivity index (χ0n) is 10.8. The van der Waals surface area contributed by atoms with Crippen LogP contribution in [0.15, 0.2) is 24.3 Å². The van der Waals surface area contributed by atoms with E-state index in [1.807, 2.05) is 0 Å². The van der Waals surface area contributed by atoms with Gasteiger partial charge in [-0.3, -0.25) is 9.59 Å². The highest BCUT2D eigenvalue weighted by Crippen LogP contribution is 2.14. The molecule has 0 aromatic rings. The molecule has 0 aromatic heterocycles. The second-order valence-electron chi connectivity index (χ2n) is 3.28. The monoisotopic (exact) mass is 292 g/mol. The normalized spacial score (nSPS) is 9.11. The predicted octanol–water partition coefficient (Wildman–Crippen LogP) is 1.63. The summed E-state index contributed by atoms with van der Waals surface area (Å²) in [5.41, 5.74) is 1.09. The number of hydrogen-bond acceptors (Lipinski definition) is 6. The van der Waals surface area contributed by atoms with Crippen LogP contribution in [0.1, 0.15) is 13.8 Å². The van der Waals surface area contributed by atoms with Crippen molar-refractivity contribution in [3.8, 4) is 0 Å². The minimum absolute atomic E-state index is 0.00614. The van der Waals surface area contributed by atoms with Crippen molar-refractivity contribution in [2.24, 2.45) is 0 Å². The van der Waals surface area contributed by atoms with E-state index in [1.54, 1.807) is 13.8 Å². The van der Waals surface area contributed by atoms with E-state index in [-0.39, 0.29) is 23.4 Å². The number of hydrogen-bond donors (Lipinski definition) is 2. The van der Waals surface area contributed by atoms with Gasteiger partial charge < -0.3 is 10.2 Å². The Labute approximate surface area is 117 Å². The third-order valence-electron chi connectivity index (χ3n) is 1.35. The zero-order chi connectivity index (χ0) is 14.6. The first kappa shape index (κ1) is 19.8. The summed E-state index contributed by atoms with van der Waals surface area (Å²) in [6.07, 6.45) is 0. The molecule has 0 aromatic carbocycles. The summed E-state index contributed by atoms with van der Waals surface area (Å²) in [5.74, 6) is 1.27. The van der Waals surface area contributed by atoms with Crippen LogP contribution < -0.4 is 0 Å². The van der Waals surface area contributed by atoms with Crippen LogP contribution in [0.25, 0.3) is 0 Å². The molecule has 0 heterocycles. The number of rotatable bonds is 6. The third kappa shape index (κ3) is 13.5. The largest absolute Gasteiger partial charge is 0.394 e. The third-order valence-corrected chi connectivity index (χ3v) is 3.64. The van der Waals surface area contributed by atoms with E-state index in [4.69, 9.17) is 10.2 Å². The maximum atomic E-state index is 11.1. The highest BCUT2D eigenvalue weighted by molar-refractivity contribution is 8.17. The fraction of sp³-hybridized carbons (Fsp3) is 0.500. The van der Waals surface area contributed by atoms with Crippen molar-refractivity contribution in [1.82, 2.24) is 0 Å². The fourth-order valence-electron chi connectivity index (χ4n) is 0.515. The van der Waals surface area contributed by atoms with Crippen molar-refractivity contribution in [2.45, 2.75) is 13.8 Å². The SMILES string of the molecule is C=C(C)C(=O)SCCSC(=O)C(=C)C.OCCO. The molecule has 6 heteroatoms. The predicted molar refractivity (Wildman–Crippen MR) is 78.7 cm³/mol. The summed E-state index contributed by atoms with van der Waals surface area (Å²) in [7, 11) is 0. The molecule has 0 aliphatic heterocycles. The van der Waals surface area contributed by atoms with Gasteiger partial charge in [0.1, 0.15) is 0 Å². The van der Waals surface area contributed by atoms with Crippen LogP contribution in [-0.4, -0.2) is 45.2 Å². The number of aliphatic hydroxyl groups is 2. The first-order valence-electron chi connectivity index (χ1n) is 5.23. The van der Waals surface area contributed by atoms with Crippen LogP contribution in [0.5, 0.6) is 0 Å². The maximum Gasteiger partial charge on any atom is 0.214 e. The van der Waals surface area contributed by atoms with Gasteiger partial charge >= 0.3 is 0 Å². The van der Waals surface area contributed by atoms with Crippen LogP contribution in [0.4, 0.5) is 0 Å². The van der Waals surface area contributed by atoms with Gasteiger partial charge in [-0.25, -0.2) is 0 Å². The first-order valence-corrected chi connectivity index (χ1v) is 7.20. The molecule has 0 fully saturated rings. The van der Waals surface area contributed by atoms with Crippen LogP contribution in [0, 0.1) is 0 Å². The summed E-state index contributed by atoms with van der Waals surface area (Å²) in [6.45, 7) is 10.2. The summed E-state index contributed by atoms with van der Waals surface area (Å²) < 4.78 is 0. The van der Waals surface area contributed by atoms with Gasteiger partial charge in [0.05, 0.1) is 13.2 Å². The molecule has 2 N–H and O–H groups in total. The lowest BCUT2D eigenvalue weighted by molar-refractivity contribution is -0.108. The molecule has 0 bridgehead atoms. The van der Waals surface area contributed by atoms with Gasteiger partial charge in [0, 0.05) is 11.5 Å². The molecule has 0 aliphatic carbocycles. The van der Waals surface area contributed by atoms with E-state index in [2.05, 4.69) is 13.2 Å². The van der Waals surface area contributed by atoms with Gasteiger partial charge in [-0.2, -0.15) is 0 Å². The van der Waals surface area contributed by atoms with Gasteiger partial charge in [0.2, 0.25) is 10.2 Å². The molecule has 4 nitrogen and oxygen atoms in total. The summed E-state index contributed by atoms with van der Waals surface area (Å²) in [6, 6.07) is 0. The highest BCUT2D eigenvalue weighted by atomic mass is 32.2. The highest BCUT2D eigenvalue weighted by Gasteiger charge is 2.05. The van der Waals surface area contributed by atoms with E-state index in [0.29, 0.717) is 22.7 Å². The fourth-order valence-corrected chi connectivity index (χ4v) is 2.05. The Morgan fingerprint density at radius 3 is 1.33 bits per heavy atom. The standard InChI is InChI=1S/C10H14O2S2.C2H6O2/c1-7(2)9(11)13-5-6-14-10(12)8(3)4;3-1-2-4/h1,3,5-6H2,2,4H3;3-4H,1-2H2. The lowest BCUT2D eigenvalue weighted by Crippen LogP contribution is -1.98. The molecule has 0 unspecified atom stereocenters. The molecule has 0 rings (SSSR count). The van der Waals surface area contributed by atoms with Crippen molar-refractivity contribution in [3.05, 3.63) is 24.3 Å². The Balaban J connectivity index is 0. The Bertz CT molecular complexity index is 270. The van der Waals surface area contributed by atoms with Crippen molar-refractivity contribution in [1.29, 1.82) is 0 Å². The molecule has 0 radical (unpaired) electrons. The Hall–Kier alpha value is -0.560. The molecule has 0 saturated carbocycles. The van der Waals surface area contributed by atoms with Crippen LogP contribution in [0.2, 0.25) is 0 Å². The van der Waals surface area contributed by atoms with Gasteiger partial charge in [0.15, 0.2) is 0 Å². The van der Waals surface area contributed by atoms with Crippen molar-refractivity contribution in [3.63, 3.8) is 0 Å². The Morgan fingerprint density at radius 2 is 1.17 bits per heavy atom.